The number of fused-ring (bicyclic) bond motifs is 1. The molecule has 0 radical (unpaired) electrons. The summed E-state index contributed by atoms with van der Waals surface area (Å²) in [6.07, 6.45) is 5.45. The molecule has 0 saturated heterocycles. The molecule has 27 heavy (non-hydrogen) atoms. The molecule has 1 amide bonds. The molecule has 0 N–H and O–H groups in total. The third kappa shape index (κ3) is 4.52. The van der Waals surface area contributed by atoms with E-state index in [0.717, 1.165) is 42.2 Å². The maximum Gasteiger partial charge on any atom is 0.264 e. The molecule has 2 aromatic heterocycles. The fourth-order valence-corrected chi connectivity index (χ4v) is 4.75. The third-order valence-electron chi connectivity index (χ3n) is 5.10. The van der Waals surface area contributed by atoms with Gasteiger partial charge in [-0.1, -0.05) is 0 Å². The fourth-order valence-electron chi connectivity index (χ4n) is 3.50. The van der Waals surface area contributed by atoms with E-state index in [9.17, 15) is 4.79 Å². The number of aryl methyl sites for hydroxylation is 3. The zero-order valence-corrected chi connectivity index (χ0v) is 17.6. The molecule has 3 heterocycles. The van der Waals surface area contributed by atoms with Gasteiger partial charge in [0.1, 0.15) is 0 Å². The first-order valence-electron chi connectivity index (χ1n) is 9.68. The van der Waals surface area contributed by atoms with Crippen LogP contribution in [0.1, 0.15) is 46.3 Å². The molecule has 1 aliphatic rings. The maximum atomic E-state index is 13.0. The molecular weight excluding hydrogens is 360 g/mol. The van der Waals surface area contributed by atoms with Gasteiger partial charge in [-0.05, 0) is 44.7 Å². The van der Waals surface area contributed by atoms with Crippen LogP contribution in [0, 0.1) is 6.92 Å². The van der Waals surface area contributed by atoms with Crippen molar-refractivity contribution in [1.82, 2.24) is 14.7 Å². The van der Waals surface area contributed by atoms with Crippen molar-refractivity contribution in [3.63, 3.8) is 0 Å². The van der Waals surface area contributed by atoms with Crippen LogP contribution in [0.15, 0.2) is 12.3 Å². The predicted molar refractivity (Wildman–Crippen MR) is 110 cm³/mol. The third-order valence-corrected chi connectivity index (χ3v) is 6.33. The molecule has 0 aliphatic carbocycles. The molecule has 0 atom stereocenters. The second-order valence-corrected chi connectivity index (χ2v) is 8.17. The topological polar surface area (TPSA) is 50.6 Å². The smallest absolute Gasteiger partial charge is 0.264 e. The Balaban J connectivity index is 1.75. The molecule has 0 saturated carbocycles. The van der Waals surface area contributed by atoms with Crippen LogP contribution in [0.4, 0.5) is 5.00 Å². The highest BCUT2D eigenvalue weighted by atomic mass is 32.1. The van der Waals surface area contributed by atoms with Crippen molar-refractivity contribution in [2.24, 2.45) is 0 Å². The van der Waals surface area contributed by atoms with Gasteiger partial charge in [-0.2, -0.15) is 5.10 Å². The van der Waals surface area contributed by atoms with E-state index >= 15 is 0 Å². The monoisotopic (exact) mass is 390 g/mol. The number of carbonyl (C=O) groups excluding carboxylic acids is 1. The molecular formula is C20H30N4O2S. The normalized spacial score (nSPS) is 14.1. The number of anilines is 1. The highest BCUT2D eigenvalue weighted by Crippen LogP contribution is 2.35. The molecule has 7 heteroatoms. The first-order chi connectivity index (χ1) is 13.0. The Morgan fingerprint density at radius 1 is 1.41 bits per heavy atom. The fraction of sp³-hybridized carbons (Fsp3) is 0.600. The molecule has 148 valence electrons. The van der Waals surface area contributed by atoms with E-state index in [2.05, 4.69) is 23.0 Å². The van der Waals surface area contributed by atoms with Crippen LogP contribution in [0.5, 0.6) is 0 Å². The summed E-state index contributed by atoms with van der Waals surface area (Å²) in [5.41, 5.74) is 3.40. The van der Waals surface area contributed by atoms with Gasteiger partial charge in [0.2, 0.25) is 0 Å². The van der Waals surface area contributed by atoms with Crippen molar-refractivity contribution in [1.29, 1.82) is 0 Å². The average molecular weight is 391 g/mol. The van der Waals surface area contributed by atoms with Gasteiger partial charge in [0, 0.05) is 52.1 Å². The van der Waals surface area contributed by atoms with Gasteiger partial charge in [0.15, 0.2) is 0 Å². The standard InChI is InChI=1S/C20H30N4O2S/c1-5-24-14-17(15(2)21-24)13-22(3)19(25)18-12-16-8-6-7-9-23(10-11-26-4)20(16)27-18/h12,14H,5-11,13H2,1-4H3. The van der Waals surface area contributed by atoms with Gasteiger partial charge in [0.05, 0.1) is 22.2 Å². The van der Waals surface area contributed by atoms with Crippen LogP contribution < -0.4 is 4.90 Å². The van der Waals surface area contributed by atoms with Gasteiger partial charge < -0.3 is 14.5 Å². The number of amides is 1. The second kappa shape index (κ2) is 8.89. The Morgan fingerprint density at radius 2 is 2.22 bits per heavy atom. The van der Waals surface area contributed by atoms with E-state index < -0.39 is 0 Å². The van der Waals surface area contributed by atoms with Crippen LogP contribution in [-0.2, 0) is 24.2 Å². The molecule has 0 bridgehead atoms. The van der Waals surface area contributed by atoms with Gasteiger partial charge in [-0.3, -0.25) is 9.48 Å². The minimum absolute atomic E-state index is 0.0865. The number of thiophene rings is 1. The lowest BCUT2D eigenvalue weighted by atomic mass is 10.1. The Kier molecular flexibility index (Phi) is 6.55. The van der Waals surface area contributed by atoms with Crippen LogP contribution in [0.2, 0.25) is 0 Å². The summed E-state index contributed by atoms with van der Waals surface area (Å²) >= 11 is 1.63. The lowest BCUT2D eigenvalue weighted by Gasteiger charge is -2.22. The van der Waals surface area contributed by atoms with E-state index in [1.54, 1.807) is 23.3 Å². The number of methoxy groups -OCH3 is 1. The number of hydrogen-bond acceptors (Lipinski definition) is 5. The first-order valence-corrected chi connectivity index (χ1v) is 10.5. The Bertz CT molecular complexity index is 783. The van der Waals surface area contributed by atoms with Crippen LogP contribution in [0.3, 0.4) is 0 Å². The molecule has 0 aromatic carbocycles. The molecule has 0 spiro atoms. The Labute approximate surface area is 165 Å². The summed E-state index contributed by atoms with van der Waals surface area (Å²) in [4.78, 5) is 18.0. The molecule has 0 fully saturated rings. The van der Waals surface area contributed by atoms with E-state index in [0.29, 0.717) is 13.2 Å². The zero-order valence-electron chi connectivity index (χ0n) is 16.8. The molecule has 0 unspecified atom stereocenters. The summed E-state index contributed by atoms with van der Waals surface area (Å²) < 4.78 is 7.18. The van der Waals surface area contributed by atoms with E-state index in [1.807, 2.05) is 24.9 Å². The number of ether oxygens (including phenoxy) is 1. The van der Waals surface area contributed by atoms with Crippen molar-refractivity contribution in [2.45, 2.75) is 46.2 Å². The van der Waals surface area contributed by atoms with Gasteiger partial charge >= 0.3 is 0 Å². The van der Waals surface area contributed by atoms with Gasteiger partial charge in [-0.15, -0.1) is 11.3 Å². The maximum absolute atomic E-state index is 13.0. The number of rotatable bonds is 7. The Morgan fingerprint density at radius 3 is 2.93 bits per heavy atom. The van der Waals surface area contributed by atoms with Crippen molar-refractivity contribution in [3.8, 4) is 0 Å². The minimum atomic E-state index is 0.0865. The summed E-state index contributed by atoms with van der Waals surface area (Å²) in [6.45, 7) is 8.12. The first kappa shape index (κ1) is 19.9. The lowest BCUT2D eigenvalue weighted by Crippen LogP contribution is -2.27. The molecule has 2 aromatic rings. The van der Waals surface area contributed by atoms with E-state index in [4.69, 9.17) is 4.74 Å². The van der Waals surface area contributed by atoms with E-state index in [-0.39, 0.29) is 5.91 Å². The van der Waals surface area contributed by atoms with Crippen LogP contribution in [0.25, 0.3) is 0 Å². The van der Waals surface area contributed by atoms with Crippen molar-refractivity contribution >= 4 is 22.2 Å². The van der Waals surface area contributed by atoms with Crippen molar-refractivity contribution < 1.29 is 9.53 Å². The number of nitrogens with zero attached hydrogens (tertiary/aromatic N) is 4. The van der Waals surface area contributed by atoms with Crippen LogP contribution >= 0.6 is 11.3 Å². The highest BCUT2D eigenvalue weighted by molar-refractivity contribution is 7.18. The van der Waals surface area contributed by atoms with E-state index in [1.165, 1.54) is 23.4 Å². The second-order valence-electron chi connectivity index (χ2n) is 7.13. The Hall–Kier alpha value is -1.86. The SMILES string of the molecule is CCn1cc(CN(C)C(=O)c2cc3c(s2)N(CCOC)CCCC3)c(C)n1. The van der Waals surface area contributed by atoms with Gasteiger partial charge in [0.25, 0.3) is 5.91 Å². The predicted octanol–water partition coefficient (Wildman–Crippen LogP) is 3.33. The summed E-state index contributed by atoms with van der Waals surface area (Å²) in [5, 5.41) is 5.73. The largest absolute Gasteiger partial charge is 0.383 e. The lowest BCUT2D eigenvalue weighted by molar-refractivity contribution is 0.0789. The number of hydrogen-bond donors (Lipinski definition) is 0. The van der Waals surface area contributed by atoms with Gasteiger partial charge in [-0.25, -0.2) is 0 Å². The molecule has 6 nitrogen and oxygen atoms in total. The number of carbonyl (C=O) groups is 1. The molecule has 3 rings (SSSR count). The quantitative estimate of drug-likeness (QED) is 0.728. The number of aromatic nitrogens is 2. The molecule has 1 aliphatic heterocycles. The van der Waals surface area contributed by atoms with Crippen molar-refractivity contribution in [2.75, 3.05) is 38.8 Å². The van der Waals surface area contributed by atoms with Crippen LogP contribution in [-0.4, -0.2) is 54.4 Å². The summed E-state index contributed by atoms with van der Waals surface area (Å²) in [5.74, 6) is 0.0865. The highest BCUT2D eigenvalue weighted by Gasteiger charge is 2.23. The summed E-state index contributed by atoms with van der Waals surface area (Å²) in [7, 11) is 3.61. The zero-order chi connectivity index (χ0) is 19.4. The minimum Gasteiger partial charge on any atom is -0.383 e. The average Bonchev–Trinajstić information content (AvgIpc) is 3.19. The summed E-state index contributed by atoms with van der Waals surface area (Å²) in [6, 6.07) is 2.10. The van der Waals surface area contributed by atoms with Crippen molar-refractivity contribution in [3.05, 3.63) is 34.0 Å².